The normalized spacial score (nSPS) is 15.6. The fourth-order valence-corrected chi connectivity index (χ4v) is 2.85. The van der Waals surface area contributed by atoms with Gasteiger partial charge in [-0.1, -0.05) is 37.6 Å². The minimum Gasteiger partial charge on any atom is -0.242 e. The predicted octanol–water partition coefficient (Wildman–Crippen LogP) is 4.40. The summed E-state index contributed by atoms with van der Waals surface area (Å²) in [5.41, 5.74) is 2.18. The zero-order valence-electron chi connectivity index (χ0n) is 12.6. The molecule has 0 aliphatic carbocycles. The molecule has 0 aliphatic rings. The summed E-state index contributed by atoms with van der Waals surface area (Å²) in [6.07, 6.45) is 0. The summed E-state index contributed by atoms with van der Waals surface area (Å²) in [4.78, 5) is 0. The van der Waals surface area contributed by atoms with Gasteiger partial charge in [0, 0.05) is 11.1 Å². The van der Waals surface area contributed by atoms with E-state index < -0.39 is 11.0 Å². The minimum absolute atomic E-state index is 0.0658. The minimum atomic E-state index is -1.08. The van der Waals surface area contributed by atoms with E-state index in [9.17, 15) is 4.21 Å². The first-order chi connectivity index (χ1) is 8.62. The molecule has 0 spiro atoms. The molecule has 1 rings (SSSR count). The maximum atomic E-state index is 12.3. The van der Waals surface area contributed by atoms with Crippen LogP contribution in [-0.4, -0.2) is 8.96 Å². The summed E-state index contributed by atoms with van der Waals surface area (Å²) in [7, 11) is -1.08. The second kappa shape index (κ2) is 6.38. The third kappa shape index (κ3) is 4.59. The van der Waals surface area contributed by atoms with Gasteiger partial charge in [-0.25, -0.2) is 8.93 Å². The van der Waals surface area contributed by atoms with Crippen molar-refractivity contribution in [1.29, 1.82) is 0 Å². The van der Waals surface area contributed by atoms with Crippen LogP contribution in [-0.2, 0) is 11.0 Å². The van der Waals surface area contributed by atoms with Gasteiger partial charge in [-0.3, -0.25) is 0 Å². The van der Waals surface area contributed by atoms with Crippen LogP contribution in [0, 0.1) is 12.8 Å². The van der Waals surface area contributed by atoms with Gasteiger partial charge in [0.2, 0.25) is 0 Å². The lowest BCUT2D eigenvalue weighted by molar-refractivity contribution is 0.473. The Balaban J connectivity index is 3.01. The van der Waals surface area contributed by atoms with Crippen molar-refractivity contribution in [3.05, 3.63) is 34.3 Å². The van der Waals surface area contributed by atoms with Crippen molar-refractivity contribution in [3.63, 3.8) is 0 Å². The van der Waals surface area contributed by atoms with Crippen LogP contribution < -0.4 is 4.72 Å². The molecule has 4 heteroatoms. The number of halogens is 1. The highest BCUT2D eigenvalue weighted by Gasteiger charge is 2.25. The van der Waals surface area contributed by atoms with E-state index >= 15 is 0 Å². The SMILES string of the molecule is Cc1cc([C@H](N[S@@](=O)C(C)(C)C)C(C)C)ccc1Cl. The Kier molecular flexibility index (Phi) is 5.60. The van der Waals surface area contributed by atoms with Crippen LogP contribution in [0.1, 0.15) is 51.8 Å². The lowest BCUT2D eigenvalue weighted by atomic mass is 9.96. The quantitative estimate of drug-likeness (QED) is 0.877. The highest BCUT2D eigenvalue weighted by molar-refractivity contribution is 7.84. The smallest absolute Gasteiger partial charge is 0.0976 e. The van der Waals surface area contributed by atoms with Gasteiger partial charge in [0.05, 0.1) is 15.7 Å². The summed E-state index contributed by atoms with van der Waals surface area (Å²) < 4.78 is 15.3. The fourth-order valence-electron chi connectivity index (χ4n) is 1.74. The molecule has 1 aromatic carbocycles. The van der Waals surface area contributed by atoms with E-state index in [4.69, 9.17) is 11.6 Å². The molecule has 0 aromatic heterocycles. The van der Waals surface area contributed by atoms with Gasteiger partial charge in [0.1, 0.15) is 0 Å². The molecule has 2 atom stereocenters. The van der Waals surface area contributed by atoms with Crippen molar-refractivity contribution in [2.45, 2.75) is 52.3 Å². The van der Waals surface area contributed by atoms with E-state index in [1.54, 1.807) is 0 Å². The second-order valence-electron chi connectivity index (χ2n) is 6.23. The maximum Gasteiger partial charge on any atom is 0.0976 e. The largest absolute Gasteiger partial charge is 0.242 e. The van der Waals surface area contributed by atoms with E-state index in [0.717, 1.165) is 16.1 Å². The Labute approximate surface area is 124 Å². The summed E-state index contributed by atoms with van der Waals surface area (Å²) in [6.45, 7) is 12.2. The molecule has 0 saturated heterocycles. The Hall–Kier alpha value is -0.380. The number of aryl methyl sites for hydroxylation is 1. The topological polar surface area (TPSA) is 29.1 Å². The molecule has 0 bridgehead atoms. The fraction of sp³-hybridized carbons (Fsp3) is 0.600. The van der Waals surface area contributed by atoms with Gasteiger partial charge in [-0.15, -0.1) is 0 Å². The molecule has 0 heterocycles. The van der Waals surface area contributed by atoms with Crippen LogP contribution in [0.2, 0.25) is 5.02 Å². The number of benzene rings is 1. The van der Waals surface area contributed by atoms with Gasteiger partial charge in [-0.2, -0.15) is 0 Å². The zero-order valence-corrected chi connectivity index (χ0v) is 14.2. The van der Waals surface area contributed by atoms with Crippen molar-refractivity contribution in [2.24, 2.45) is 5.92 Å². The van der Waals surface area contributed by atoms with E-state index in [1.165, 1.54) is 0 Å². The third-order valence-corrected chi connectivity index (χ3v) is 5.00. The predicted molar refractivity (Wildman–Crippen MR) is 84.8 cm³/mol. The van der Waals surface area contributed by atoms with Crippen LogP contribution >= 0.6 is 11.6 Å². The van der Waals surface area contributed by atoms with Gasteiger partial charge in [0.25, 0.3) is 0 Å². The Morgan fingerprint density at radius 2 is 1.84 bits per heavy atom. The number of rotatable bonds is 4. The van der Waals surface area contributed by atoms with E-state index in [2.05, 4.69) is 24.6 Å². The Morgan fingerprint density at radius 3 is 2.26 bits per heavy atom. The lowest BCUT2D eigenvalue weighted by Crippen LogP contribution is -2.37. The van der Waals surface area contributed by atoms with Gasteiger partial charge >= 0.3 is 0 Å². The first kappa shape index (κ1) is 16.7. The molecule has 0 aliphatic heterocycles. The van der Waals surface area contributed by atoms with Gasteiger partial charge in [0.15, 0.2) is 0 Å². The van der Waals surface area contributed by atoms with Crippen molar-refractivity contribution in [1.82, 2.24) is 4.72 Å². The standard InChI is InChI=1S/C15H24ClNOS/c1-10(2)14(17-19(18)15(4,5)6)12-7-8-13(16)11(3)9-12/h7-10,14,17H,1-6H3/t14-,19+/m1/s1. The summed E-state index contributed by atoms with van der Waals surface area (Å²) in [5, 5.41) is 0.767. The van der Waals surface area contributed by atoms with Gasteiger partial charge in [-0.05, 0) is 50.8 Å². The van der Waals surface area contributed by atoms with Gasteiger partial charge < -0.3 is 0 Å². The molecule has 0 unspecified atom stereocenters. The monoisotopic (exact) mass is 301 g/mol. The molecule has 0 fully saturated rings. The molecule has 19 heavy (non-hydrogen) atoms. The molecule has 0 saturated carbocycles. The lowest BCUT2D eigenvalue weighted by Gasteiger charge is -2.27. The number of hydrogen-bond acceptors (Lipinski definition) is 1. The van der Waals surface area contributed by atoms with E-state index in [1.807, 2.05) is 39.8 Å². The maximum absolute atomic E-state index is 12.3. The molecule has 108 valence electrons. The molecular formula is C15H24ClNOS. The summed E-state index contributed by atoms with van der Waals surface area (Å²) in [5.74, 6) is 0.354. The highest BCUT2D eigenvalue weighted by atomic mass is 35.5. The Morgan fingerprint density at radius 1 is 1.26 bits per heavy atom. The molecule has 0 radical (unpaired) electrons. The van der Waals surface area contributed by atoms with E-state index in [0.29, 0.717) is 5.92 Å². The molecule has 0 amide bonds. The van der Waals surface area contributed by atoms with Crippen LogP contribution in [0.3, 0.4) is 0 Å². The van der Waals surface area contributed by atoms with Crippen molar-refractivity contribution < 1.29 is 4.21 Å². The zero-order chi connectivity index (χ0) is 14.8. The molecule has 2 nitrogen and oxygen atoms in total. The first-order valence-electron chi connectivity index (χ1n) is 6.57. The highest BCUT2D eigenvalue weighted by Crippen LogP contribution is 2.27. The van der Waals surface area contributed by atoms with Crippen molar-refractivity contribution >= 4 is 22.6 Å². The number of hydrogen-bond donors (Lipinski definition) is 1. The molecule has 1 aromatic rings. The summed E-state index contributed by atoms with van der Waals surface area (Å²) in [6, 6.07) is 6.05. The molecular weight excluding hydrogens is 278 g/mol. The third-order valence-electron chi connectivity index (χ3n) is 3.00. The van der Waals surface area contributed by atoms with Crippen LogP contribution in [0.25, 0.3) is 0 Å². The van der Waals surface area contributed by atoms with Crippen LogP contribution in [0.15, 0.2) is 18.2 Å². The average molecular weight is 302 g/mol. The summed E-state index contributed by atoms with van der Waals surface area (Å²) >= 11 is 6.06. The average Bonchev–Trinajstić information content (AvgIpc) is 2.27. The Bertz CT molecular complexity index is 466. The van der Waals surface area contributed by atoms with E-state index in [-0.39, 0.29) is 10.8 Å². The van der Waals surface area contributed by atoms with Crippen molar-refractivity contribution in [2.75, 3.05) is 0 Å². The van der Waals surface area contributed by atoms with Crippen LogP contribution in [0.5, 0.6) is 0 Å². The number of nitrogens with one attached hydrogen (secondary N) is 1. The van der Waals surface area contributed by atoms with Crippen molar-refractivity contribution in [3.8, 4) is 0 Å². The second-order valence-corrected chi connectivity index (χ2v) is 8.63. The molecule has 1 N–H and O–H groups in total. The van der Waals surface area contributed by atoms with Crippen LogP contribution in [0.4, 0.5) is 0 Å². The first-order valence-corrected chi connectivity index (χ1v) is 8.10.